The van der Waals surface area contributed by atoms with Crippen LogP contribution < -0.4 is 5.73 Å². The molecule has 0 unspecified atom stereocenters. The second-order valence-corrected chi connectivity index (χ2v) is 3.92. The molecule has 0 fully saturated rings. The topological polar surface area (TPSA) is 47.1 Å². The van der Waals surface area contributed by atoms with Crippen molar-refractivity contribution in [3.05, 3.63) is 18.5 Å². The average molecular weight is 210 g/mol. The Morgan fingerprint density at radius 2 is 2.13 bits per heavy atom. The van der Waals surface area contributed by atoms with Crippen molar-refractivity contribution in [2.45, 2.75) is 25.8 Å². The van der Waals surface area contributed by atoms with Gasteiger partial charge in [0.15, 0.2) is 0 Å². The van der Waals surface area contributed by atoms with Crippen LogP contribution in [0.4, 0.5) is 0 Å². The molecule has 2 N–H and O–H groups in total. The van der Waals surface area contributed by atoms with Gasteiger partial charge in [0, 0.05) is 18.9 Å². The molecule has 86 valence electrons. The molecule has 0 bridgehead atoms. The predicted molar refractivity (Wildman–Crippen MR) is 62.6 cm³/mol. The minimum Gasteiger partial charge on any atom is -0.330 e. The number of rotatable bonds is 8. The van der Waals surface area contributed by atoms with E-state index in [0.717, 1.165) is 32.6 Å². The summed E-state index contributed by atoms with van der Waals surface area (Å²) in [6, 6.07) is 1.96. The van der Waals surface area contributed by atoms with Crippen molar-refractivity contribution >= 4 is 0 Å². The monoisotopic (exact) mass is 210 g/mol. The summed E-state index contributed by atoms with van der Waals surface area (Å²) >= 11 is 0. The van der Waals surface area contributed by atoms with Crippen molar-refractivity contribution in [3.63, 3.8) is 0 Å². The van der Waals surface area contributed by atoms with Gasteiger partial charge in [0.05, 0.1) is 6.54 Å². The Hall–Kier alpha value is -0.870. The minimum absolute atomic E-state index is 0.816. The molecule has 0 aliphatic carbocycles. The summed E-state index contributed by atoms with van der Waals surface area (Å²) < 4.78 is 1.97. The number of nitrogens with two attached hydrogens (primary N) is 1. The molecule has 15 heavy (non-hydrogen) atoms. The Morgan fingerprint density at radius 3 is 2.80 bits per heavy atom. The van der Waals surface area contributed by atoms with E-state index in [1.807, 2.05) is 23.1 Å². The molecule has 1 aromatic rings. The highest BCUT2D eigenvalue weighted by Crippen LogP contribution is 1.96. The van der Waals surface area contributed by atoms with E-state index in [9.17, 15) is 0 Å². The van der Waals surface area contributed by atoms with Gasteiger partial charge in [-0.25, -0.2) is 0 Å². The van der Waals surface area contributed by atoms with Gasteiger partial charge in [0.25, 0.3) is 0 Å². The third-order valence-electron chi connectivity index (χ3n) is 2.51. The molecule has 0 saturated carbocycles. The lowest BCUT2D eigenvalue weighted by atomic mass is 10.2. The first-order valence-electron chi connectivity index (χ1n) is 5.69. The van der Waals surface area contributed by atoms with Gasteiger partial charge in [0.1, 0.15) is 0 Å². The lowest BCUT2D eigenvalue weighted by Crippen LogP contribution is -2.24. The molecule has 4 nitrogen and oxygen atoms in total. The molecule has 0 atom stereocenters. The highest BCUT2D eigenvalue weighted by atomic mass is 15.3. The van der Waals surface area contributed by atoms with E-state index in [4.69, 9.17) is 5.73 Å². The third-order valence-corrected chi connectivity index (χ3v) is 2.51. The van der Waals surface area contributed by atoms with Crippen molar-refractivity contribution < 1.29 is 0 Å². The van der Waals surface area contributed by atoms with Crippen LogP contribution >= 0.6 is 0 Å². The number of aromatic nitrogens is 2. The number of unbranched alkanes of at least 4 members (excludes halogenated alkanes) is 2. The van der Waals surface area contributed by atoms with Crippen LogP contribution in [-0.2, 0) is 6.54 Å². The van der Waals surface area contributed by atoms with E-state index in [2.05, 4.69) is 17.0 Å². The summed E-state index contributed by atoms with van der Waals surface area (Å²) in [6.45, 7) is 4.00. The van der Waals surface area contributed by atoms with Crippen molar-refractivity contribution in [1.29, 1.82) is 0 Å². The molecule has 1 heterocycles. The summed E-state index contributed by atoms with van der Waals surface area (Å²) in [4.78, 5) is 2.35. The molecule has 0 aliphatic heterocycles. The number of likely N-dealkylation sites (N-methyl/N-ethyl adjacent to an activating group) is 1. The maximum Gasteiger partial charge on any atom is 0.0536 e. The van der Waals surface area contributed by atoms with Crippen LogP contribution in [0.3, 0.4) is 0 Å². The maximum atomic E-state index is 5.44. The van der Waals surface area contributed by atoms with Crippen LogP contribution in [0.1, 0.15) is 19.3 Å². The molecule has 0 amide bonds. The van der Waals surface area contributed by atoms with Crippen molar-refractivity contribution in [2.75, 3.05) is 26.7 Å². The predicted octanol–water partition coefficient (Wildman–Crippen LogP) is 0.944. The zero-order chi connectivity index (χ0) is 10.9. The van der Waals surface area contributed by atoms with Gasteiger partial charge >= 0.3 is 0 Å². The second kappa shape index (κ2) is 7.43. The molecular formula is C11H22N4. The largest absolute Gasteiger partial charge is 0.330 e. The highest BCUT2D eigenvalue weighted by Gasteiger charge is 1.98. The summed E-state index contributed by atoms with van der Waals surface area (Å²) in [5.74, 6) is 0. The molecule has 0 aromatic carbocycles. The standard InChI is InChI=1S/C11H22N4/c1-14(8-4-2-3-6-12)10-11-15-9-5-7-13-15/h5,7,9H,2-4,6,8,10-12H2,1H3. The van der Waals surface area contributed by atoms with E-state index in [1.54, 1.807) is 0 Å². The van der Waals surface area contributed by atoms with Gasteiger partial charge in [-0.2, -0.15) is 5.10 Å². The second-order valence-electron chi connectivity index (χ2n) is 3.92. The van der Waals surface area contributed by atoms with Crippen molar-refractivity contribution in [1.82, 2.24) is 14.7 Å². The van der Waals surface area contributed by atoms with Gasteiger partial charge in [-0.05, 0) is 39.0 Å². The Bertz CT molecular complexity index is 233. The van der Waals surface area contributed by atoms with Gasteiger partial charge in [-0.1, -0.05) is 6.42 Å². The normalized spacial score (nSPS) is 11.1. The van der Waals surface area contributed by atoms with E-state index < -0.39 is 0 Å². The molecule has 0 radical (unpaired) electrons. The summed E-state index contributed by atoms with van der Waals surface area (Å²) in [5.41, 5.74) is 5.44. The van der Waals surface area contributed by atoms with Crippen LogP contribution in [0, 0.1) is 0 Å². The summed E-state index contributed by atoms with van der Waals surface area (Å²) in [5, 5.41) is 4.17. The van der Waals surface area contributed by atoms with E-state index in [0.29, 0.717) is 0 Å². The summed E-state index contributed by atoms with van der Waals surface area (Å²) in [7, 11) is 2.16. The Labute approximate surface area is 92.1 Å². The fraction of sp³-hybridized carbons (Fsp3) is 0.727. The average Bonchev–Trinajstić information content (AvgIpc) is 2.74. The zero-order valence-corrected chi connectivity index (χ0v) is 9.60. The molecule has 0 aliphatic rings. The SMILES string of the molecule is CN(CCCCCN)CCn1cccn1. The first-order valence-corrected chi connectivity index (χ1v) is 5.69. The fourth-order valence-corrected chi connectivity index (χ4v) is 1.52. The van der Waals surface area contributed by atoms with Gasteiger partial charge in [0.2, 0.25) is 0 Å². The molecule has 0 spiro atoms. The lowest BCUT2D eigenvalue weighted by Gasteiger charge is -2.16. The van der Waals surface area contributed by atoms with Gasteiger partial charge in [-0.3, -0.25) is 4.68 Å². The van der Waals surface area contributed by atoms with Crippen LogP contribution in [0.5, 0.6) is 0 Å². The Morgan fingerprint density at radius 1 is 1.27 bits per heavy atom. The molecule has 0 saturated heterocycles. The van der Waals surface area contributed by atoms with E-state index >= 15 is 0 Å². The third kappa shape index (κ3) is 5.54. The minimum atomic E-state index is 0.816. The first-order chi connectivity index (χ1) is 7.33. The summed E-state index contributed by atoms with van der Waals surface area (Å²) in [6.07, 6.45) is 7.45. The number of nitrogens with zero attached hydrogens (tertiary/aromatic N) is 3. The zero-order valence-electron chi connectivity index (χ0n) is 9.60. The smallest absolute Gasteiger partial charge is 0.0536 e. The van der Waals surface area contributed by atoms with Crippen LogP contribution in [-0.4, -0.2) is 41.4 Å². The van der Waals surface area contributed by atoms with Crippen molar-refractivity contribution in [2.24, 2.45) is 5.73 Å². The first kappa shape index (κ1) is 12.2. The highest BCUT2D eigenvalue weighted by molar-refractivity contribution is 4.77. The molecule has 1 rings (SSSR count). The van der Waals surface area contributed by atoms with E-state index in [1.165, 1.54) is 12.8 Å². The van der Waals surface area contributed by atoms with Gasteiger partial charge < -0.3 is 10.6 Å². The molecule has 4 heteroatoms. The van der Waals surface area contributed by atoms with Crippen LogP contribution in [0.2, 0.25) is 0 Å². The van der Waals surface area contributed by atoms with Crippen molar-refractivity contribution in [3.8, 4) is 0 Å². The Kier molecular flexibility index (Phi) is 6.04. The quantitative estimate of drug-likeness (QED) is 0.650. The van der Waals surface area contributed by atoms with E-state index in [-0.39, 0.29) is 0 Å². The maximum absolute atomic E-state index is 5.44. The van der Waals surface area contributed by atoms with Crippen LogP contribution in [0.25, 0.3) is 0 Å². The van der Waals surface area contributed by atoms with Crippen LogP contribution in [0.15, 0.2) is 18.5 Å². The molecular weight excluding hydrogens is 188 g/mol. The molecule has 1 aromatic heterocycles. The number of hydrogen-bond acceptors (Lipinski definition) is 3. The Balaban J connectivity index is 2.01. The lowest BCUT2D eigenvalue weighted by molar-refractivity contribution is 0.305. The number of hydrogen-bond donors (Lipinski definition) is 1. The van der Waals surface area contributed by atoms with Gasteiger partial charge in [-0.15, -0.1) is 0 Å². The fourth-order valence-electron chi connectivity index (χ4n) is 1.52.